The first-order valence-corrected chi connectivity index (χ1v) is 9.20. The van der Waals surface area contributed by atoms with Crippen molar-refractivity contribution in [3.8, 4) is 0 Å². The molecule has 3 aromatic rings. The topological polar surface area (TPSA) is 60.3 Å². The molecule has 1 atom stereocenters. The number of carbonyl (C=O) groups is 2. The molecule has 5 heteroatoms. The van der Waals surface area contributed by atoms with E-state index in [4.69, 9.17) is 4.74 Å². The number of aryl methyl sites for hydroxylation is 1. The van der Waals surface area contributed by atoms with Crippen molar-refractivity contribution in [1.29, 1.82) is 0 Å². The number of nitrogens with one attached hydrogen (secondary N) is 1. The molecular weight excluding hydrogens is 352 g/mol. The molecule has 0 bridgehead atoms. The zero-order valence-electron chi connectivity index (χ0n) is 16.3. The van der Waals surface area contributed by atoms with Gasteiger partial charge in [-0.3, -0.25) is 9.36 Å². The normalized spacial score (nSPS) is 12.2. The van der Waals surface area contributed by atoms with Crippen molar-refractivity contribution in [3.63, 3.8) is 0 Å². The minimum Gasteiger partial charge on any atom is -0.452 e. The highest BCUT2D eigenvalue weighted by Gasteiger charge is 2.15. The highest BCUT2D eigenvalue weighted by Crippen LogP contribution is 2.22. The number of ether oxygens (including phenoxy) is 1. The Hall–Kier alpha value is -3.34. The zero-order chi connectivity index (χ0) is 20.1. The van der Waals surface area contributed by atoms with Gasteiger partial charge in [-0.2, -0.15) is 0 Å². The first kappa shape index (κ1) is 19.4. The summed E-state index contributed by atoms with van der Waals surface area (Å²) in [7, 11) is 1.36. The molecule has 0 fully saturated rings. The average molecular weight is 376 g/mol. The lowest BCUT2D eigenvalue weighted by Crippen LogP contribution is -2.32. The summed E-state index contributed by atoms with van der Waals surface area (Å²) in [5.74, 6) is -0.148. The maximum absolute atomic E-state index is 12.2. The van der Waals surface area contributed by atoms with Gasteiger partial charge in [-0.1, -0.05) is 48.0 Å². The van der Waals surface area contributed by atoms with Crippen LogP contribution < -0.4 is 5.32 Å². The van der Waals surface area contributed by atoms with E-state index in [1.54, 1.807) is 18.3 Å². The van der Waals surface area contributed by atoms with Crippen LogP contribution in [-0.4, -0.2) is 29.7 Å². The van der Waals surface area contributed by atoms with Crippen LogP contribution in [0.2, 0.25) is 0 Å². The van der Waals surface area contributed by atoms with Crippen LogP contribution in [0.1, 0.15) is 23.6 Å². The molecule has 0 unspecified atom stereocenters. The van der Waals surface area contributed by atoms with Crippen LogP contribution in [0.15, 0.2) is 60.8 Å². The SMILES string of the molecule is COC(=O)n1cc(C[C@@H](C)NC(=O)C=Cc2ccc(C)cc2)c2ccccc21. The predicted octanol–water partition coefficient (Wildman–Crippen LogP) is 4.32. The second-order valence-electron chi connectivity index (χ2n) is 6.87. The Labute approximate surface area is 164 Å². The van der Waals surface area contributed by atoms with Crippen LogP contribution in [-0.2, 0) is 16.0 Å². The van der Waals surface area contributed by atoms with E-state index in [1.807, 2.05) is 62.4 Å². The Balaban J connectivity index is 1.69. The summed E-state index contributed by atoms with van der Waals surface area (Å²) in [6, 6.07) is 15.5. The number of amides is 1. The molecule has 0 aliphatic heterocycles. The number of nitrogens with zero attached hydrogens (tertiary/aromatic N) is 1. The molecule has 3 rings (SSSR count). The summed E-state index contributed by atoms with van der Waals surface area (Å²) in [4.78, 5) is 24.2. The molecule has 0 aliphatic carbocycles. The number of fused-ring (bicyclic) bond motifs is 1. The van der Waals surface area contributed by atoms with Crippen molar-refractivity contribution in [2.24, 2.45) is 0 Å². The van der Waals surface area contributed by atoms with Crippen LogP contribution in [0, 0.1) is 6.92 Å². The van der Waals surface area contributed by atoms with E-state index >= 15 is 0 Å². The van der Waals surface area contributed by atoms with Gasteiger partial charge >= 0.3 is 6.09 Å². The third-order valence-electron chi connectivity index (χ3n) is 4.59. The van der Waals surface area contributed by atoms with Gasteiger partial charge in [0.25, 0.3) is 0 Å². The first-order chi connectivity index (χ1) is 13.5. The van der Waals surface area contributed by atoms with Crippen molar-refractivity contribution in [1.82, 2.24) is 9.88 Å². The molecule has 5 nitrogen and oxygen atoms in total. The summed E-state index contributed by atoms with van der Waals surface area (Å²) in [6.07, 6.45) is 5.29. The number of para-hydroxylation sites is 1. The monoisotopic (exact) mass is 376 g/mol. The standard InChI is InChI=1S/C23H24N2O3/c1-16-8-10-18(11-9-16)12-13-22(26)24-17(2)14-19-15-25(23(27)28-3)21-7-5-4-6-20(19)21/h4-13,15,17H,14H2,1-3H3,(H,24,26)/t17-/m1/s1. The Morgan fingerprint density at radius 3 is 2.57 bits per heavy atom. The summed E-state index contributed by atoms with van der Waals surface area (Å²) in [5, 5.41) is 3.95. The van der Waals surface area contributed by atoms with Gasteiger partial charge in [-0.25, -0.2) is 4.79 Å². The third kappa shape index (κ3) is 4.49. The van der Waals surface area contributed by atoms with Gasteiger partial charge in [0.1, 0.15) is 0 Å². The largest absolute Gasteiger partial charge is 0.452 e. The highest BCUT2D eigenvalue weighted by molar-refractivity contribution is 5.93. The average Bonchev–Trinajstić information content (AvgIpc) is 3.05. The van der Waals surface area contributed by atoms with Gasteiger partial charge in [0.2, 0.25) is 5.91 Å². The fourth-order valence-corrected chi connectivity index (χ4v) is 3.18. The number of methoxy groups -OCH3 is 1. The maximum atomic E-state index is 12.2. The number of benzene rings is 2. The molecule has 0 aliphatic rings. The molecule has 28 heavy (non-hydrogen) atoms. The molecule has 144 valence electrons. The van der Waals surface area contributed by atoms with E-state index in [-0.39, 0.29) is 11.9 Å². The molecule has 0 saturated carbocycles. The predicted molar refractivity (Wildman–Crippen MR) is 111 cm³/mol. The van der Waals surface area contributed by atoms with Crippen LogP contribution in [0.25, 0.3) is 17.0 Å². The molecule has 1 aromatic heterocycles. The Kier molecular flexibility index (Phi) is 5.94. The number of rotatable bonds is 5. The minimum absolute atomic E-state index is 0.0907. The lowest BCUT2D eigenvalue weighted by Gasteiger charge is -2.12. The number of hydrogen-bond donors (Lipinski definition) is 1. The zero-order valence-corrected chi connectivity index (χ0v) is 16.3. The molecule has 1 N–H and O–H groups in total. The molecule has 2 aromatic carbocycles. The van der Waals surface area contributed by atoms with Gasteiger partial charge in [0.15, 0.2) is 0 Å². The lowest BCUT2D eigenvalue weighted by atomic mass is 10.1. The van der Waals surface area contributed by atoms with Gasteiger partial charge in [0.05, 0.1) is 12.6 Å². The lowest BCUT2D eigenvalue weighted by molar-refractivity contribution is -0.117. The maximum Gasteiger partial charge on any atom is 0.418 e. The second kappa shape index (κ2) is 8.57. The van der Waals surface area contributed by atoms with E-state index in [0.717, 1.165) is 22.0 Å². The van der Waals surface area contributed by atoms with E-state index < -0.39 is 6.09 Å². The summed E-state index contributed by atoms with van der Waals surface area (Å²) in [6.45, 7) is 3.97. The summed E-state index contributed by atoms with van der Waals surface area (Å²) in [5.41, 5.74) is 3.94. The summed E-state index contributed by atoms with van der Waals surface area (Å²) >= 11 is 0. The van der Waals surface area contributed by atoms with Crippen LogP contribution in [0.4, 0.5) is 4.79 Å². The molecule has 1 heterocycles. The van der Waals surface area contributed by atoms with Crippen molar-refractivity contribution >= 4 is 29.0 Å². The van der Waals surface area contributed by atoms with E-state index in [0.29, 0.717) is 6.42 Å². The number of aromatic nitrogens is 1. The fraction of sp³-hybridized carbons (Fsp3) is 0.217. The molecule has 0 spiro atoms. The third-order valence-corrected chi connectivity index (χ3v) is 4.59. The van der Waals surface area contributed by atoms with Gasteiger partial charge in [-0.05, 0) is 43.5 Å². The smallest absolute Gasteiger partial charge is 0.418 e. The molecule has 0 saturated heterocycles. The van der Waals surface area contributed by atoms with E-state index in [1.165, 1.54) is 17.2 Å². The van der Waals surface area contributed by atoms with E-state index in [2.05, 4.69) is 5.32 Å². The van der Waals surface area contributed by atoms with Crippen LogP contribution in [0.3, 0.4) is 0 Å². The minimum atomic E-state index is -0.430. The van der Waals surface area contributed by atoms with Crippen molar-refractivity contribution in [2.45, 2.75) is 26.3 Å². The summed E-state index contributed by atoms with van der Waals surface area (Å²) < 4.78 is 6.35. The van der Waals surface area contributed by atoms with Crippen molar-refractivity contribution in [2.75, 3.05) is 7.11 Å². The van der Waals surface area contributed by atoms with Crippen molar-refractivity contribution < 1.29 is 14.3 Å². The fourth-order valence-electron chi connectivity index (χ4n) is 3.18. The van der Waals surface area contributed by atoms with Crippen molar-refractivity contribution in [3.05, 3.63) is 77.5 Å². The number of hydrogen-bond acceptors (Lipinski definition) is 3. The Bertz CT molecular complexity index is 1020. The highest BCUT2D eigenvalue weighted by atomic mass is 16.5. The molecule has 0 radical (unpaired) electrons. The van der Waals surface area contributed by atoms with Crippen LogP contribution >= 0.6 is 0 Å². The Morgan fingerprint density at radius 2 is 1.86 bits per heavy atom. The molecule has 1 amide bonds. The van der Waals surface area contributed by atoms with Gasteiger partial charge in [-0.15, -0.1) is 0 Å². The quantitative estimate of drug-likeness (QED) is 0.675. The number of carbonyl (C=O) groups excluding carboxylic acids is 2. The first-order valence-electron chi connectivity index (χ1n) is 9.20. The van der Waals surface area contributed by atoms with Gasteiger partial charge < -0.3 is 10.1 Å². The van der Waals surface area contributed by atoms with E-state index in [9.17, 15) is 9.59 Å². The molecular formula is C23H24N2O3. The van der Waals surface area contributed by atoms with Crippen LogP contribution in [0.5, 0.6) is 0 Å². The van der Waals surface area contributed by atoms with Gasteiger partial charge in [0, 0.05) is 23.7 Å². The second-order valence-corrected chi connectivity index (χ2v) is 6.87. The Morgan fingerprint density at radius 1 is 1.14 bits per heavy atom.